The van der Waals surface area contributed by atoms with Gasteiger partial charge in [0.25, 0.3) is 0 Å². The van der Waals surface area contributed by atoms with Crippen LogP contribution in [-0.2, 0) is 11.2 Å². The second kappa shape index (κ2) is 7.88. The predicted octanol–water partition coefficient (Wildman–Crippen LogP) is 2.86. The molecule has 0 saturated carbocycles. The summed E-state index contributed by atoms with van der Waals surface area (Å²) in [6.45, 7) is 5.37. The summed E-state index contributed by atoms with van der Waals surface area (Å²) in [5.41, 5.74) is 6.66. The number of halogens is 2. The minimum absolute atomic E-state index is 0. The molecule has 0 aliphatic carbocycles. The number of hydrogen-bond acceptors (Lipinski definition) is 2. The number of rotatable bonds is 5. The van der Waals surface area contributed by atoms with E-state index in [1.165, 1.54) is 0 Å². The summed E-state index contributed by atoms with van der Waals surface area (Å²) in [5.74, 6) is 0.114. The maximum absolute atomic E-state index is 12.1. The molecule has 0 aliphatic heterocycles. The van der Waals surface area contributed by atoms with Gasteiger partial charge in [-0.2, -0.15) is 0 Å². The lowest BCUT2D eigenvalue weighted by Crippen LogP contribution is -2.40. The summed E-state index contributed by atoms with van der Waals surface area (Å²) in [6, 6.07) is 7.80. The first-order chi connectivity index (χ1) is 8.35. The first-order valence-electron chi connectivity index (χ1n) is 6.03. The third-order valence-electron chi connectivity index (χ3n) is 2.94. The van der Waals surface area contributed by atoms with Crippen LogP contribution < -0.4 is 5.73 Å². The molecule has 1 amide bonds. The number of amides is 1. The molecule has 0 radical (unpaired) electrons. The van der Waals surface area contributed by atoms with Gasteiger partial charge < -0.3 is 10.6 Å². The van der Waals surface area contributed by atoms with Crippen LogP contribution >= 0.6 is 28.3 Å². The Morgan fingerprint density at radius 2 is 1.95 bits per heavy atom. The minimum Gasteiger partial charge on any atom is -0.345 e. The van der Waals surface area contributed by atoms with E-state index in [0.717, 1.165) is 10.0 Å². The fraction of sp³-hybridized carbons (Fsp3) is 0.500. The van der Waals surface area contributed by atoms with Crippen molar-refractivity contribution in [2.75, 3.05) is 20.1 Å². The number of nitrogens with two attached hydrogens (primary N) is 1. The monoisotopic (exact) mass is 348 g/mol. The summed E-state index contributed by atoms with van der Waals surface area (Å²) < 4.78 is 0.977. The van der Waals surface area contributed by atoms with Crippen molar-refractivity contribution in [3.05, 3.63) is 34.3 Å². The van der Waals surface area contributed by atoms with Crippen LogP contribution in [0.5, 0.6) is 0 Å². The normalized spacial score (nSPS) is 10.8. The summed E-state index contributed by atoms with van der Waals surface area (Å²) in [4.78, 5) is 13.9. The summed E-state index contributed by atoms with van der Waals surface area (Å²) in [7, 11) is 1.83. The Balaban J connectivity index is 0.00000324. The zero-order valence-electron chi connectivity index (χ0n) is 11.6. The van der Waals surface area contributed by atoms with Crippen molar-refractivity contribution in [1.82, 2.24) is 4.90 Å². The van der Waals surface area contributed by atoms with Crippen LogP contribution in [0.15, 0.2) is 28.7 Å². The molecule has 2 N–H and O–H groups in total. The number of carbonyl (C=O) groups is 1. The minimum atomic E-state index is -0.0433. The van der Waals surface area contributed by atoms with Crippen molar-refractivity contribution in [3.63, 3.8) is 0 Å². The first kappa shape index (κ1) is 18.4. The SMILES string of the molecule is CN(CC(C)(C)CN)C(=O)Cc1ccccc1Br.Cl. The molecule has 1 rings (SSSR count). The number of hydrogen-bond donors (Lipinski definition) is 1. The number of carbonyl (C=O) groups excluding carboxylic acids is 1. The van der Waals surface area contributed by atoms with Gasteiger partial charge in [0.1, 0.15) is 0 Å². The maximum Gasteiger partial charge on any atom is 0.226 e. The Bertz CT molecular complexity index is 424. The lowest BCUT2D eigenvalue weighted by molar-refractivity contribution is -0.130. The number of likely N-dealkylation sites (N-methyl/N-ethyl adjacent to an activating group) is 1. The first-order valence-corrected chi connectivity index (χ1v) is 6.82. The second-order valence-corrected chi connectivity index (χ2v) is 6.24. The largest absolute Gasteiger partial charge is 0.345 e. The predicted molar refractivity (Wildman–Crippen MR) is 85.6 cm³/mol. The van der Waals surface area contributed by atoms with Crippen LogP contribution in [0.3, 0.4) is 0 Å². The Morgan fingerprint density at radius 1 is 1.37 bits per heavy atom. The average molecular weight is 350 g/mol. The second-order valence-electron chi connectivity index (χ2n) is 5.39. The molecule has 0 heterocycles. The van der Waals surface area contributed by atoms with Crippen LogP contribution in [0.2, 0.25) is 0 Å². The van der Waals surface area contributed by atoms with Crippen LogP contribution in [0.25, 0.3) is 0 Å². The summed E-state index contributed by atoms with van der Waals surface area (Å²) in [5, 5.41) is 0. The van der Waals surface area contributed by atoms with E-state index < -0.39 is 0 Å². The summed E-state index contributed by atoms with van der Waals surface area (Å²) >= 11 is 3.46. The van der Waals surface area contributed by atoms with E-state index in [2.05, 4.69) is 29.8 Å². The van der Waals surface area contributed by atoms with Crippen molar-refractivity contribution < 1.29 is 4.79 Å². The van der Waals surface area contributed by atoms with Crippen molar-refractivity contribution in [3.8, 4) is 0 Å². The quantitative estimate of drug-likeness (QED) is 0.888. The van der Waals surface area contributed by atoms with Crippen molar-refractivity contribution in [2.24, 2.45) is 11.1 Å². The van der Waals surface area contributed by atoms with E-state index in [1.54, 1.807) is 4.90 Å². The molecule has 1 aromatic carbocycles. The maximum atomic E-state index is 12.1. The third kappa shape index (κ3) is 5.93. The van der Waals surface area contributed by atoms with Crippen molar-refractivity contribution in [2.45, 2.75) is 20.3 Å². The molecule has 1 aromatic rings. The standard InChI is InChI=1S/C14H21BrN2O.ClH/c1-14(2,9-16)10-17(3)13(18)8-11-6-4-5-7-12(11)15;/h4-7H,8-10,16H2,1-3H3;1H. The molecule has 0 fully saturated rings. The average Bonchev–Trinajstić information content (AvgIpc) is 2.31. The number of nitrogens with zero attached hydrogens (tertiary/aromatic N) is 1. The van der Waals surface area contributed by atoms with Gasteiger partial charge in [0.05, 0.1) is 6.42 Å². The van der Waals surface area contributed by atoms with Crippen molar-refractivity contribution in [1.29, 1.82) is 0 Å². The van der Waals surface area contributed by atoms with E-state index in [4.69, 9.17) is 5.73 Å². The van der Waals surface area contributed by atoms with Crippen LogP contribution in [0.1, 0.15) is 19.4 Å². The number of benzene rings is 1. The van der Waals surface area contributed by atoms with Gasteiger partial charge in [0.2, 0.25) is 5.91 Å². The smallest absolute Gasteiger partial charge is 0.226 e. The molecular formula is C14H22BrClN2O. The van der Waals surface area contributed by atoms with E-state index >= 15 is 0 Å². The van der Waals surface area contributed by atoms with Gasteiger partial charge in [0, 0.05) is 18.1 Å². The molecule has 0 aliphatic rings. The highest BCUT2D eigenvalue weighted by molar-refractivity contribution is 9.10. The Kier molecular flexibility index (Phi) is 7.64. The molecule has 3 nitrogen and oxygen atoms in total. The molecule has 0 atom stereocenters. The van der Waals surface area contributed by atoms with Crippen LogP contribution in [-0.4, -0.2) is 30.9 Å². The van der Waals surface area contributed by atoms with E-state index in [0.29, 0.717) is 19.5 Å². The molecule has 0 spiro atoms. The van der Waals surface area contributed by atoms with Gasteiger partial charge in [-0.05, 0) is 23.6 Å². The molecule has 19 heavy (non-hydrogen) atoms. The summed E-state index contributed by atoms with van der Waals surface area (Å²) in [6.07, 6.45) is 0.415. The highest BCUT2D eigenvalue weighted by Gasteiger charge is 2.21. The van der Waals surface area contributed by atoms with Gasteiger partial charge in [-0.15, -0.1) is 12.4 Å². The fourth-order valence-electron chi connectivity index (χ4n) is 1.73. The molecule has 0 bridgehead atoms. The lowest BCUT2D eigenvalue weighted by atomic mass is 9.93. The van der Waals surface area contributed by atoms with E-state index in [1.807, 2.05) is 31.3 Å². The van der Waals surface area contributed by atoms with E-state index in [9.17, 15) is 4.79 Å². The fourth-order valence-corrected chi connectivity index (χ4v) is 2.16. The van der Waals surface area contributed by atoms with Crippen molar-refractivity contribution >= 4 is 34.2 Å². The van der Waals surface area contributed by atoms with E-state index in [-0.39, 0.29) is 23.7 Å². The van der Waals surface area contributed by atoms with Gasteiger partial charge in [-0.3, -0.25) is 4.79 Å². The van der Waals surface area contributed by atoms with Gasteiger partial charge >= 0.3 is 0 Å². The van der Waals surface area contributed by atoms with Crippen LogP contribution in [0, 0.1) is 5.41 Å². The van der Waals surface area contributed by atoms with Gasteiger partial charge in [-0.25, -0.2) is 0 Å². The Labute approximate surface area is 130 Å². The molecule has 108 valence electrons. The Hall–Kier alpha value is -0.580. The molecule has 0 unspecified atom stereocenters. The lowest BCUT2D eigenvalue weighted by Gasteiger charge is -2.29. The zero-order chi connectivity index (χ0) is 13.8. The topological polar surface area (TPSA) is 46.3 Å². The molecule has 5 heteroatoms. The third-order valence-corrected chi connectivity index (χ3v) is 3.72. The molecule has 0 saturated heterocycles. The highest BCUT2D eigenvalue weighted by Crippen LogP contribution is 2.18. The Morgan fingerprint density at radius 3 is 2.47 bits per heavy atom. The zero-order valence-corrected chi connectivity index (χ0v) is 14.1. The molecular weight excluding hydrogens is 328 g/mol. The molecule has 0 aromatic heterocycles. The van der Waals surface area contributed by atoms with Crippen LogP contribution in [0.4, 0.5) is 0 Å². The van der Waals surface area contributed by atoms with Gasteiger partial charge in [-0.1, -0.05) is 48.0 Å². The van der Waals surface area contributed by atoms with Gasteiger partial charge in [0.15, 0.2) is 0 Å². The highest BCUT2D eigenvalue weighted by atomic mass is 79.9.